The van der Waals surface area contributed by atoms with E-state index in [1.807, 2.05) is 32.2 Å². The van der Waals surface area contributed by atoms with Crippen LogP contribution in [0, 0.1) is 6.92 Å². The molecule has 294 valence electrons. The fourth-order valence-corrected chi connectivity index (χ4v) is 5.97. The summed E-state index contributed by atoms with van der Waals surface area (Å²) in [6.07, 6.45) is 33.2. The average molecular weight is 767 g/mol. The number of allylic oxidation sites excluding steroid dienone is 12. The Hall–Kier alpha value is -4.92. The van der Waals surface area contributed by atoms with E-state index in [1.54, 1.807) is 35.9 Å². The molecule has 0 aliphatic heterocycles. The highest BCUT2D eigenvalue weighted by Gasteiger charge is 2.22. The van der Waals surface area contributed by atoms with Crippen molar-refractivity contribution in [1.82, 2.24) is 20.1 Å². The number of carbonyl (C=O) groups is 3. The van der Waals surface area contributed by atoms with Crippen LogP contribution in [0.1, 0.15) is 79.9 Å². The first kappa shape index (κ1) is 44.5. The lowest BCUT2D eigenvalue weighted by molar-refractivity contribution is -0.121. The third-order valence-corrected chi connectivity index (χ3v) is 9.19. The standard InChI is InChI=1S/C46H59ClN4O4/c1-5-6-7-8-9-10-11-12-13-14-15-16-17-18-19-20-21-22-23-24-44(52)48-31-33-50(3)34-32-49-45(53)36-41-37(2)51(43-30-29-40(55-4)35-42(41)43)46(54)38-25-27-39(47)28-26-38/h6-7,9-10,12-13,15-16,18-19,21-22,25-30,35H,5,8,11,14,17,20,23-24,31-34,36H2,1-4H3,(H,48,52)(H,49,53)/b7-6+,10-9+,13-12-,16-15-,19-18-,22-21-. The normalized spacial score (nSPS) is 12.3. The largest absolute Gasteiger partial charge is 0.497 e. The number of methoxy groups -OCH3 is 1. The molecule has 0 saturated carbocycles. The zero-order chi connectivity index (χ0) is 39.7. The molecule has 2 amide bonds. The molecule has 0 fully saturated rings. The number of hydrogen-bond acceptors (Lipinski definition) is 5. The summed E-state index contributed by atoms with van der Waals surface area (Å²) in [5.74, 6) is 0.341. The van der Waals surface area contributed by atoms with Crippen molar-refractivity contribution in [3.8, 4) is 5.75 Å². The van der Waals surface area contributed by atoms with Gasteiger partial charge in [-0.2, -0.15) is 0 Å². The molecule has 2 aromatic carbocycles. The lowest BCUT2D eigenvalue weighted by Crippen LogP contribution is -2.37. The van der Waals surface area contributed by atoms with E-state index in [-0.39, 0.29) is 24.1 Å². The van der Waals surface area contributed by atoms with Crippen LogP contribution in [-0.4, -0.2) is 67.5 Å². The maximum Gasteiger partial charge on any atom is 0.262 e. The smallest absolute Gasteiger partial charge is 0.262 e. The molecule has 0 unspecified atom stereocenters. The van der Waals surface area contributed by atoms with E-state index in [4.69, 9.17) is 16.3 Å². The molecule has 3 rings (SSSR count). The van der Waals surface area contributed by atoms with Crippen LogP contribution in [-0.2, 0) is 16.0 Å². The highest BCUT2D eigenvalue weighted by Crippen LogP contribution is 2.31. The number of fused-ring (bicyclic) bond motifs is 1. The minimum Gasteiger partial charge on any atom is -0.497 e. The molecule has 0 bridgehead atoms. The first-order chi connectivity index (χ1) is 26.7. The summed E-state index contributed by atoms with van der Waals surface area (Å²) in [6.45, 7) is 6.29. The van der Waals surface area contributed by atoms with Gasteiger partial charge in [-0.15, -0.1) is 0 Å². The van der Waals surface area contributed by atoms with Crippen molar-refractivity contribution in [2.45, 2.75) is 71.6 Å². The summed E-state index contributed by atoms with van der Waals surface area (Å²) in [7, 11) is 3.55. The monoisotopic (exact) mass is 766 g/mol. The van der Waals surface area contributed by atoms with Gasteiger partial charge >= 0.3 is 0 Å². The van der Waals surface area contributed by atoms with Gasteiger partial charge in [0, 0.05) is 54.3 Å². The topological polar surface area (TPSA) is 92.7 Å². The van der Waals surface area contributed by atoms with Gasteiger partial charge in [0.15, 0.2) is 0 Å². The number of ether oxygens (including phenoxy) is 1. The van der Waals surface area contributed by atoms with Gasteiger partial charge in [0.05, 0.1) is 19.0 Å². The van der Waals surface area contributed by atoms with Crippen molar-refractivity contribution >= 4 is 40.2 Å². The molecular weight excluding hydrogens is 708 g/mol. The molecule has 0 spiro atoms. The average Bonchev–Trinajstić information content (AvgIpc) is 3.44. The van der Waals surface area contributed by atoms with Gasteiger partial charge in [0.25, 0.3) is 5.91 Å². The second-order valence-corrected chi connectivity index (χ2v) is 13.7. The maximum absolute atomic E-state index is 13.6. The van der Waals surface area contributed by atoms with Crippen molar-refractivity contribution in [2.75, 3.05) is 40.3 Å². The van der Waals surface area contributed by atoms with Crippen LogP contribution in [0.15, 0.2) is 115 Å². The zero-order valence-corrected chi connectivity index (χ0v) is 33.8. The predicted octanol–water partition coefficient (Wildman–Crippen LogP) is 9.48. The lowest BCUT2D eigenvalue weighted by atomic mass is 10.1. The van der Waals surface area contributed by atoms with Gasteiger partial charge in [-0.05, 0) is 107 Å². The second-order valence-electron chi connectivity index (χ2n) is 13.2. The molecule has 0 saturated heterocycles. The molecule has 9 heteroatoms. The minimum atomic E-state index is -0.196. The molecule has 1 aromatic heterocycles. The van der Waals surface area contributed by atoms with Crippen LogP contribution in [0.2, 0.25) is 5.02 Å². The lowest BCUT2D eigenvalue weighted by Gasteiger charge is -2.17. The Morgan fingerprint density at radius 2 is 1.27 bits per heavy atom. The van der Waals surface area contributed by atoms with E-state index in [0.29, 0.717) is 66.6 Å². The molecule has 3 aromatic rings. The van der Waals surface area contributed by atoms with E-state index < -0.39 is 0 Å². The van der Waals surface area contributed by atoms with Crippen LogP contribution in [0.4, 0.5) is 0 Å². The fourth-order valence-electron chi connectivity index (χ4n) is 5.85. The molecule has 55 heavy (non-hydrogen) atoms. The minimum absolute atomic E-state index is 0.0296. The number of amides is 2. The van der Waals surface area contributed by atoms with E-state index >= 15 is 0 Å². The van der Waals surface area contributed by atoms with Gasteiger partial charge in [-0.3, -0.25) is 19.0 Å². The summed E-state index contributed by atoms with van der Waals surface area (Å²) in [5, 5.41) is 7.33. The number of carbonyl (C=O) groups excluding carboxylic acids is 3. The van der Waals surface area contributed by atoms with Gasteiger partial charge in [0.1, 0.15) is 5.75 Å². The summed E-state index contributed by atoms with van der Waals surface area (Å²) in [4.78, 5) is 41.0. The Balaban J connectivity index is 1.29. The number of halogens is 1. The Morgan fingerprint density at radius 3 is 1.82 bits per heavy atom. The van der Waals surface area contributed by atoms with E-state index in [1.165, 1.54) is 0 Å². The summed E-state index contributed by atoms with van der Waals surface area (Å²) in [6, 6.07) is 12.3. The third-order valence-electron chi connectivity index (χ3n) is 8.94. The number of hydrogen-bond donors (Lipinski definition) is 2. The summed E-state index contributed by atoms with van der Waals surface area (Å²) >= 11 is 6.04. The highest BCUT2D eigenvalue weighted by atomic mass is 35.5. The van der Waals surface area contributed by atoms with Gasteiger partial charge in [0.2, 0.25) is 11.8 Å². The molecule has 8 nitrogen and oxygen atoms in total. The summed E-state index contributed by atoms with van der Waals surface area (Å²) < 4.78 is 7.09. The van der Waals surface area contributed by atoms with Crippen LogP contribution >= 0.6 is 11.6 Å². The predicted molar refractivity (Wildman–Crippen MR) is 229 cm³/mol. The first-order valence-electron chi connectivity index (χ1n) is 19.3. The van der Waals surface area contributed by atoms with Gasteiger partial charge in [-0.1, -0.05) is 91.4 Å². The highest BCUT2D eigenvalue weighted by molar-refractivity contribution is 6.30. The molecule has 2 N–H and O–H groups in total. The molecule has 0 aliphatic rings. The Morgan fingerprint density at radius 1 is 0.745 bits per heavy atom. The van der Waals surface area contributed by atoms with E-state index in [2.05, 4.69) is 95.4 Å². The SMILES string of the molecule is CC/C=C/C/C=C/C/C=C\C/C=C\C/C=C\C/C=C\CCC(=O)NCCN(C)CCNC(=O)Cc1c(C)n(C(=O)c2ccc(Cl)cc2)c2ccc(OC)cc12. The molecular formula is C46H59ClN4O4. The molecule has 0 aliphatic carbocycles. The molecule has 0 atom stereocenters. The summed E-state index contributed by atoms with van der Waals surface area (Å²) in [5.41, 5.74) is 2.68. The molecule has 1 heterocycles. The number of rotatable bonds is 24. The van der Waals surface area contributed by atoms with Crippen LogP contribution in [0.3, 0.4) is 0 Å². The van der Waals surface area contributed by atoms with E-state index in [0.717, 1.165) is 49.5 Å². The van der Waals surface area contributed by atoms with Crippen molar-refractivity contribution in [2.24, 2.45) is 0 Å². The number of nitrogens with zero attached hydrogens (tertiary/aromatic N) is 2. The fraction of sp³-hybridized carbons (Fsp3) is 0.370. The number of aromatic nitrogens is 1. The van der Waals surface area contributed by atoms with Crippen molar-refractivity contribution in [3.63, 3.8) is 0 Å². The van der Waals surface area contributed by atoms with Crippen LogP contribution in [0.5, 0.6) is 5.75 Å². The molecule has 0 radical (unpaired) electrons. The second kappa shape index (κ2) is 26.0. The zero-order valence-electron chi connectivity index (χ0n) is 33.1. The third kappa shape index (κ3) is 16.5. The van der Waals surface area contributed by atoms with E-state index in [9.17, 15) is 14.4 Å². The van der Waals surface area contributed by atoms with Crippen molar-refractivity contribution in [1.29, 1.82) is 0 Å². The van der Waals surface area contributed by atoms with Crippen LogP contribution in [0.25, 0.3) is 10.9 Å². The van der Waals surface area contributed by atoms with Crippen molar-refractivity contribution < 1.29 is 19.1 Å². The van der Waals surface area contributed by atoms with Gasteiger partial charge in [-0.25, -0.2) is 0 Å². The van der Waals surface area contributed by atoms with Crippen LogP contribution < -0.4 is 15.4 Å². The Kier molecular flexibility index (Phi) is 21.0. The first-order valence-corrected chi connectivity index (χ1v) is 19.7. The number of likely N-dealkylation sites (N-methyl/N-ethyl adjacent to an activating group) is 1. The Bertz CT molecular complexity index is 1830. The van der Waals surface area contributed by atoms with Crippen molar-refractivity contribution in [3.05, 3.63) is 137 Å². The Labute approximate surface area is 333 Å². The maximum atomic E-state index is 13.6. The quantitative estimate of drug-likeness (QED) is 0.0887. The number of benzene rings is 2. The number of nitrogens with one attached hydrogen (secondary N) is 2. The van der Waals surface area contributed by atoms with Gasteiger partial charge < -0.3 is 20.3 Å².